The maximum absolute atomic E-state index is 12.6. The van der Waals surface area contributed by atoms with Crippen molar-refractivity contribution < 1.29 is 19.5 Å². The lowest BCUT2D eigenvalue weighted by molar-refractivity contribution is -0.149. The van der Waals surface area contributed by atoms with Gasteiger partial charge in [0.1, 0.15) is 0 Å². The number of carbonyl (C=O) groups is 3. The summed E-state index contributed by atoms with van der Waals surface area (Å²) < 4.78 is 0. The number of carboxylic acids is 1. The van der Waals surface area contributed by atoms with Crippen molar-refractivity contribution in [2.24, 2.45) is 17.8 Å². The van der Waals surface area contributed by atoms with E-state index in [9.17, 15) is 19.5 Å². The molecule has 0 spiro atoms. The van der Waals surface area contributed by atoms with Crippen LogP contribution < -0.4 is 0 Å². The molecular formula is C15H24N2O4. The third-order valence-corrected chi connectivity index (χ3v) is 4.69. The average Bonchev–Trinajstić information content (AvgIpc) is 2.66. The number of carbonyl (C=O) groups excluding carboxylic acids is 2. The molecular weight excluding hydrogens is 272 g/mol. The molecule has 0 aromatic rings. The standard InChI is InChI=1S/C15H24N2O4/c1-10-8-12(13(9-10)15(20)21)14(19)17-5-3-4-16(6-7-17)11(2)18/h10,12-13H,3-9H2,1-2H3,(H,20,21)/t10?,12-,13+/m0/s1. The van der Waals surface area contributed by atoms with Crippen LogP contribution in [0.15, 0.2) is 0 Å². The second kappa shape index (κ2) is 6.45. The van der Waals surface area contributed by atoms with Crippen LogP contribution in [0.3, 0.4) is 0 Å². The van der Waals surface area contributed by atoms with Gasteiger partial charge in [0.2, 0.25) is 11.8 Å². The van der Waals surface area contributed by atoms with Crippen LogP contribution in [0, 0.1) is 17.8 Å². The first-order valence-corrected chi connectivity index (χ1v) is 7.67. The van der Waals surface area contributed by atoms with E-state index in [0.717, 1.165) is 6.42 Å². The van der Waals surface area contributed by atoms with Gasteiger partial charge in [-0.15, -0.1) is 0 Å². The number of hydrogen-bond acceptors (Lipinski definition) is 3. The summed E-state index contributed by atoms with van der Waals surface area (Å²) in [5, 5.41) is 9.30. The third-order valence-electron chi connectivity index (χ3n) is 4.69. The largest absolute Gasteiger partial charge is 0.481 e. The molecule has 118 valence electrons. The quantitative estimate of drug-likeness (QED) is 0.818. The van der Waals surface area contributed by atoms with Crippen LogP contribution in [0.4, 0.5) is 0 Å². The maximum atomic E-state index is 12.6. The molecule has 2 fully saturated rings. The maximum Gasteiger partial charge on any atom is 0.307 e. The van der Waals surface area contributed by atoms with Gasteiger partial charge in [0.15, 0.2) is 0 Å². The predicted molar refractivity (Wildman–Crippen MR) is 76.5 cm³/mol. The summed E-state index contributed by atoms with van der Waals surface area (Å²) in [5.41, 5.74) is 0. The monoisotopic (exact) mass is 296 g/mol. The lowest BCUT2D eigenvalue weighted by Crippen LogP contribution is -2.41. The van der Waals surface area contributed by atoms with Crippen LogP contribution in [0.1, 0.15) is 33.1 Å². The molecule has 1 unspecified atom stereocenters. The zero-order chi connectivity index (χ0) is 15.6. The van der Waals surface area contributed by atoms with Crippen molar-refractivity contribution in [2.75, 3.05) is 26.2 Å². The second-order valence-electron chi connectivity index (χ2n) is 6.31. The summed E-state index contributed by atoms with van der Waals surface area (Å²) in [6, 6.07) is 0. The van der Waals surface area contributed by atoms with E-state index in [0.29, 0.717) is 39.0 Å². The minimum absolute atomic E-state index is 0.0298. The Labute approximate surface area is 125 Å². The van der Waals surface area contributed by atoms with Gasteiger partial charge in [-0.3, -0.25) is 14.4 Å². The molecule has 1 N–H and O–H groups in total. The van der Waals surface area contributed by atoms with Gasteiger partial charge < -0.3 is 14.9 Å². The fourth-order valence-corrected chi connectivity index (χ4v) is 3.52. The molecule has 1 saturated carbocycles. The zero-order valence-corrected chi connectivity index (χ0v) is 12.7. The Morgan fingerprint density at radius 3 is 2.14 bits per heavy atom. The number of aliphatic carboxylic acids is 1. The Morgan fingerprint density at radius 1 is 0.952 bits per heavy atom. The van der Waals surface area contributed by atoms with Crippen molar-refractivity contribution in [3.05, 3.63) is 0 Å². The van der Waals surface area contributed by atoms with E-state index >= 15 is 0 Å². The summed E-state index contributed by atoms with van der Waals surface area (Å²) >= 11 is 0. The Kier molecular flexibility index (Phi) is 4.85. The summed E-state index contributed by atoms with van der Waals surface area (Å²) in [7, 11) is 0. The second-order valence-corrected chi connectivity index (χ2v) is 6.31. The molecule has 2 aliphatic rings. The average molecular weight is 296 g/mol. The summed E-state index contributed by atoms with van der Waals surface area (Å²) in [4.78, 5) is 38.9. The van der Waals surface area contributed by atoms with E-state index in [-0.39, 0.29) is 17.7 Å². The van der Waals surface area contributed by atoms with Crippen LogP contribution in [-0.2, 0) is 14.4 Å². The van der Waals surface area contributed by atoms with E-state index < -0.39 is 17.8 Å². The van der Waals surface area contributed by atoms with Crippen molar-refractivity contribution in [3.63, 3.8) is 0 Å². The van der Waals surface area contributed by atoms with Crippen LogP contribution in [0.25, 0.3) is 0 Å². The van der Waals surface area contributed by atoms with Crippen molar-refractivity contribution in [1.29, 1.82) is 0 Å². The van der Waals surface area contributed by atoms with Gasteiger partial charge >= 0.3 is 5.97 Å². The van der Waals surface area contributed by atoms with E-state index in [1.165, 1.54) is 6.92 Å². The first-order chi connectivity index (χ1) is 9.90. The van der Waals surface area contributed by atoms with Gasteiger partial charge in [0, 0.05) is 33.1 Å². The molecule has 2 amide bonds. The lowest BCUT2D eigenvalue weighted by atomic mass is 9.94. The highest BCUT2D eigenvalue weighted by Gasteiger charge is 2.42. The molecule has 0 aromatic heterocycles. The highest BCUT2D eigenvalue weighted by Crippen LogP contribution is 2.37. The molecule has 21 heavy (non-hydrogen) atoms. The summed E-state index contributed by atoms with van der Waals surface area (Å²) in [6.07, 6.45) is 1.99. The van der Waals surface area contributed by atoms with E-state index in [1.54, 1.807) is 9.80 Å². The molecule has 0 bridgehead atoms. The van der Waals surface area contributed by atoms with Gasteiger partial charge in [-0.25, -0.2) is 0 Å². The predicted octanol–water partition coefficient (Wildman–Crippen LogP) is 0.814. The van der Waals surface area contributed by atoms with E-state index in [2.05, 4.69) is 0 Å². The number of nitrogens with zero attached hydrogens (tertiary/aromatic N) is 2. The summed E-state index contributed by atoms with van der Waals surface area (Å²) in [6.45, 7) is 5.87. The first-order valence-electron chi connectivity index (χ1n) is 7.67. The molecule has 6 heteroatoms. The minimum atomic E-state index is -0.863. The van der Waals surface area contributed by atoms with Gasteiger partial charge in [0.05, 0.1) is 11.8 Å². The molecule has 2 rings (SSSR count). The smallest absolute Gasteiger partial charge is 0.307 e. The first kappa shape index (κ1) is 15.8. The highest BCUT2D eigenvalue weighted by atomic mass is 16.4. The Balaban J connectivity index is 2.02. The SMILES string of the molecule is CC(=O)N1CCCN(C(=O)[C@H]2CC(C)C[C@H]2C(=O)O)CC1. The molecule has 1 aliphatic heterocycles. The fourth-order valence-electron chi connectivity index (χ4n) is 3.52. The highest BCUT2D eigenvalue weighted by molar-refractivity contribution is 5.85. The van der Waals surface area contributed by atoms with Gasteiger partial charge in [-0.2, -0.15) is 0 Å². The van der Waals surface area contributed by atoms with E-state index in [1.807, 2.05) is 6.92 Å². The fraction of sp³-hybridized carbons (Fsp3) is 0.800. The third kappa shape index (κ3) is 3.54. The van der Waals surface area contributed by atoms with Gasteiger partial charge in [0.25, 0.3) is 0 Å². The van der Waals surface area contributed by atoms with Crippen LogP contribution in [0.2, 0.25) is 0 Å². The topological polar surface area (TPSA) is 77.9 Å². The lowest BCUT2D eigenvalue weighted by Gasteiger charge is -2.26. The van der Waals surface area contributed by atoms with Crippen LogP contribution in [-0.4, -0.2) is 58.9 Å². The molecule has 1 aliphatic carbocycles. The molecule has 1 saturated heterocycles. The van der Waals surface area contributed by atoms with Crippen molar-refractivity contribution >= 4 is 17.8 Å². The molecule has 3 atom stereocenters. The number of amides is 2. The molecule has 0 aromatic carbocycles. The van der Waals surface area contributed by atoms with Crippen molar-refractivity contribution in [2.45, 2.75) is 33.1 Å². The molecule has 0 radical (unpaired) electrons. The Morgan fingerprint density at radius 2 is 1.52 bits per heavy atom. The van der Waals surface area contributed by atoms with Gasteiger partial charge in [-0.1, -0.05) is 6.92 Å². The minimum Gasteiger partial charge on any atom is -0.481 e. The number of rotatable bonds is 2. The van der Waals surface area contributed by atoms with Gasteiger partial charge in [-0.05, 0) is 25.2 Å². The van der Waals surface area contributed by atoms with Crippen LogP contribution in [0.5, 0.6) is 0 Å². The number of carboxylic acid groups (broad SMARTS) is 1. The summed E-state index contributed by atoms with van der Waals surface area (Å²) in [5.74, 6) is -1.56. The van der Waals surface area contributed by atoms with Crippen LogP contribution >= 0.6 is 0 Å². The molecule has 6 nitrogen and oxygen atoms in total. The normalized spacial score (nSPS) is 30.1. The Hall–Kier alpha value is -1.59. The zero-order valence-electron chi connectivity index (χ0n) is 12.7. The Bertz CT molecular complexity index is 437. The molecule has 1 heterocycles. The van der Waals surface area contributed by atoms with Crippen molar-refractivity contribution in [3.8, 4) is 0 Å². The van der Waals surface area contributed by atoms with Crippen molar-refractivity contribution in [1.82, 2.24) is 9.80 Å². The van der Waals surface area contributed by atoms with E-state index in [4.69, 9.17) is 0 Å². The number of hydrogen-bond donors (Lipinski definition) is 1.